The van der Waals surface area contributed by atoms with Gasteiger partial charge >= 0.3 is 0 Å². The molecule has 1 N–H and O–H groups in total. The molecule has 0 saturated heterocycles. The van der Waals surface area contributed by atoms with Crippen molar-refractivity contribution < 1.29 is 17.6 Å². The van der Waals surface area contributed by atoms with Crippen LogP contribution in [0.25, 0.3) is 0 Å². The highest BCUT2D eigenvalue weighted by Crippen LogP contribution is 2.11. The van der Waals surface area contributed by atoms with Crippen molar-refractivity contribution in [3.8, 4) is 0 Å². The first kappa shape index (κ1) is 18.6. The fourth-order valence-corrected chi connectivity index (χ4v) is 2.72. The lowest BCUT2D eigenvalue weighted by molar-refractivity contribution is -0.121. The molecule has 1 amide bonds. The molecule has 0 radical (unpaired) electrons. The molecule has 7 heteroatoms. The van der Waals surface area contributed by atoms with Gasteiger partial charge in [-0.25, -0.2) is 12.8 Å². The molecule has 0 heterocycles. The molecule has 5 nitrogen and oxygen atoms in total. The van der Waals surface area contributed by atoms with Gasteiger partial charge in [-0.2, -0.15) is 4.31 Å². The minimum Gasteiger partial charge on any atom is -0.355 e. The zero-order valence-corrected chi connectivity index (χ0v) is 13.8. The molecule has 0 aliphatic rings. The van der Waals surface area contributed by atoms with Crippen LogP contribution in [0.15, 0.2) is 24.3 Å². The molecular weight excluding hydrogens is 307 g/mol. The molecule has 1 aromatic rings. The first-order chi connectivity index (χ1) is 10.3. The highest BCUT2D eigenvalue weighted by molar-refractivity contribution is 7.88. The third kappa shape index (κ3) is 6.53. The van der Waals surface area contributed by atoms with Crippen LogP contribution in [0.4, 0.5) is 4.39 Å². The Morgan fingerprint density at radius 1 is 1.32 bits per heavy atom. The number of carbonyl (C=O) groups excluding carboxylic acids is 1. The molecular formula is C15H23FN2O3S. The van der Waals surface area contributed by atoms with Crippen molar-refractivity contribution >= 4 is 15.9 Å². The molecule has 124 valence electrons. The van der Waals surface area contributed by atoms with E-state index in [1.54, 1.807) is 18.2 Å². The van der Waals surface area contributed by atoms with E-state index in [1.165, 1.54) is 6.07 Å². The summed E-state index contributed by atoms with van der Waals surface area (Å²) in [6, 6.07) is 6.05. The second-order valence-corrected chi connectivity index (χ2v) is 7.12. The van der Waals surface area contributed by atoms with Gasteiger partial charge in [0, 0.05) is 31.6 Å². The Balaban J connectivity index is 2.60. The van der Waals surface area contributed by atoms with Crippen molar-refractivity contribution in [3.05, 3.63) is 35.6 Å². The van der Waals surface area contributed by atoms with Crippen LogP contribution < -0.4 is 5.32 Å². The largest absolute Gasteiger partial charge is 0.355 e. The van der Waals surface area contributed by atoms with Gasteiger partial charge < -0.3 is 5.32 Å². The van der Waals surface area contributed by atoms with Crippen LogP contribution in [0.5, 0.6) is 0 Å². The number of carbonyl (C=O) groups is 1. The number of rotatable bonds is 9. The van der Waals surface area contributed by atoms with Gasteiger partial charge in [0.25, 0.3) is 0 Å². The Kier molecular flexibility index (Phi) is 7.47. The van der Waals surface area contributed by atoms with Gasteiger partial charge in [0.15, 0.2) is 0 Å². The van der Waals surface area contributed by atoms with Crippen molar-refractivity contribution in [2.24, 2.45) is 0 Å². The molecule has 1 rings (SSSR count). The number of nitrogens with zero attached hydrogens (tertiary/aromatic N) is 1. The molecule has 1 aromatic carbocycles. The van der Waals surface area contributed by atoms with Crippen molar-refractivity contribution in [2.45, 2.75) is 32.7 Å². The van der Waals surface area contributed by atoms with Crippen LogP contribution >= 0.6 is 0 Å². The van der Waals surface area contributed by atoms with E-state index >= 15 is 0 Å². The summed E-state index contributed by atoms with van der Waals surface area (Å²) in [7, 11) is -3.48. The van der Waals surface area contributed by atoms with Crippen LogP contribution in [-0.2, 0) is 21.4 Å². The number of unbranched alkanes of at least 4 members (excludes halogenated alkanes) is 1. The molecule has 0 unspecified atom stereocenters. The maximum atomic E-state index is 13.6. The van der Waals surface area contributed by atoms with Gasteiger partial charge in [0.2, 0.25) is 15.9 Å². The lowest BCUT2D eigenvalue weighted by atomic mass is 10.2. The van der Waals surface area contributed by atoms with Crippen LogP contribution in [0.3, 0.4) is 0 Å². The quantitative estimate of drug-likeness (QED) is 0.752. The summed E-state index contributed by atoms with van der Waals surface area (Å²) in [5.41, 5.74) is 0.310. The maximum Gasteiger partial charge on any atom is 0.220 e. The van der Waals surface area contributed by atoms with E-state index < -0.39 is 15.8 Å². The van der Waals surface area contributed by atoms with Gasteiger partial charge in [0.1, 0.15) is 5.82 Å². The predicted octanol–water partition coefficient (Wildman–Crippen LogP) is 1.89. The lowest BCUT2D eigenvalue weighted by Gasteiger charge is -2.20. The van der Waals surface area contributed by atoms with Crippen molar-refractivity contribution in [1.29, 1.82) is 0 Å². The summed E-state index contributed by atoms with van der Waals surface area (Å²) in [5, 5.41) is 2.68. The molecule has 0 spiro atoms. The number of sulfonamides is 1. The average molecular weight is 330 g/mol. The van der Waals surface area contributed by atoms with E-state index in [1.807, 2.05) is 6.92 Å². The Morgan fingerprint density at radius 3 is 2.59 bits per heavy atom. The number of hydrogen-bond donors (Lipinski definition) is 1. The molecule has 0 saturated carbocycles. The number of benzene rings is 1. The van der Waals surface area contributed by atoms with E-state index in [9.17, 15) is 17.6 Å². The fourth-order valence-electron chi connectivity index (χ4n) is 1.92. The molecule has 0 fully saturated rings. The third-order valence-electron chi connectivity index (χ3n) is 3.21. The standard InChI is InChI=1S/C15H23FN2O3S/c1-3-4-9-15(19)17-10-11-18(22(2,20)21)12-13-7-5-6-8-14(13)16/h5-8H,3-4,9-12H2,1-2H3,(H,17,19). The molecule has 0 aliphatic heterocycles. The molecule has 22 heavy (non-hydrogen) atoms. The number of nitrogens with one attached hydrogen (secondary N) is 1. The van der Waals surface area contributed by atoms with Crippen LogP contribution in [0, 0.1) is 5.82 Å². The second-order valence-electron chi connectivity index (χ2n) is 5.14. The first-order valence-corrected chi connectivity index (χ1v) is 9.14. The third-order valence-corrected chi connectivity index (χ3v) is 4.46. The average Bonchev–Trinajstić information content (AvgIpc) is 2.45. The molecule has 0 aromatic heterocycles. The van der Waals surface area contributed by atoms with Crippen LogP contribution in [0.2, 0.25) is 0 Å². The monoisotopic (exact) mass is 330 g/mol. The number of halogens is 1. The second kappa shape index (κ2) is 8.85. The summed E-state index contributed by atoms with van der Waals surface area (Å²) in [6.45, 7) is 2.28. The minimum atomic E-state index is -3.48. The first-order valence-electron chi connectivity index (χ1n) is 7.29. The van der Waals surface area contributed by atoms with Gasteiger partial charge in [-0.05, 0) is 12.5 Å². The smallest absolute Gasteiger partial charge is 0.220 e. The van der Waals surface area contributed by atoms with Gasteiger partial charge in [-0.15, -0.1) is 0 Å². The summed E-state index contributed by atoms with van der Waals surface area (Å²) in [5.74, 6) is -0.538. The normalized spacial score (nSPS) is 11.6. The Morgan fingerprint density at radius 2 is 2.00 bits per heavy atom. The van der Waals surface area contributed by atoms with Crippen molar-refractivity contribution in [3.63, 3.8) is 0 Å². The summed E-state index contributed by atoms with van der Waals surface area (Å²) < 4.78 is 38.4. The predicted molar refractivity (Wildman–Crippen MR) is 84.2 cm³/mol. The van der Waals surface area contributed by atoms with E-state index in [-0.39, 0.29) is 25.5 Å². The molecule has 0 atom stereocenters. The van der Waals surface area contributed by atoms with E-state index in [0.29, 0.717) is 12.0 Å². The molecule has 0 aliphatic carbocycles. The highest BCUT2D eigenvalue weighted by Gasteiger charge is 2.18. The summed E-state index contributed by atoms with van der Waals surface area (Å²) in [6.07, 6.45) is 3.24. The van der Waals surface area contributed by atoms with Crippen LogP contribution in [-0.4, -0.2) is 38.0 Å². The summed E-state index contributed by atoms with van der Waals surface area (Å²) in [4.78, 5) is 11.5. The number of amides is 1. The highest BCUT2D eigenvalue weighted by atomic mass is 32.2. The van der Waals surface area contributed by atoms with E-state index in [4.69, 9.17) is 0 Å². The topological polar surface area (TPSA) is 66.5 Å². The zero-order chi connectivity index (χ0) is 16.6. The van der Waals surface area contributed by atoms with E-state index in [0.717, 1.165) is 23.4 Å². The zero-order valence-electron chi connectivity index (χ0n) is 13.0. The fraction of sp³-hybridized carbons (Fsp3) is 0.533. The van der Waals surface area contributed by atoms with Crippen LogP contribution in [0.1, 0.15) is 31.7 Å². The van der Waals surface area contributed by atoms with E-state index in [2.05, 4.69) is 5.32 Å². The lowest BCUT2D eigenvalue weighted by Crippen LogP contribution is -2.37. The maximum absolute atomic E-state index is 13.6. The Hall–Kier alpha value is -1.47. The molecule has 0 bridgehead atoms. The Labute approximate surface area is 131 Å². The Bertz CT molecular complexity index is 590. The SMILES string of the molecule is CCCCC(=O)NCCN(Cc1ccccc1F)S(C)(=O)=O. The minimum absolute atomic E-state index is 0.0453. The van der Waals surface area contributed by atoms with Gasteiger partial charge in [0.05, 0.1) is 6.26 Å². The van der Waals surface area contributed by atoms with Gasteiger partial charge in [-0.1, -0.05) is 31.5 Å². The van der Waals surface area contributed by atoms with Crippen molar-refractivity contribution in [2.75, 3.05) is 19.3 Å². The summed E-state index contributed by atoms with van der Waals surface area (Å²) >= 11 is 0. The van der Waals surface area contributed by atoms with Crippen molar-refractivity contribution in [1.82, 2.24) is 9.62 Å². The van der Waals surface area contributed by atoms with Gasteiger partial charge in [-0.3, -0.25) is 4.79 Å². The number of hydrogen-bond acceptors (Lipinski definition) is 3.